The van der Waals surface area contributed by atoms with Gasteiger partial charge in [-0.05, 0) is 76.2 Å². The van der Waals surface area contributed by atoms with Crippen molar-refractivity contribution in [3.05, 3.63) is 87.5 Å². The Balaban J connectivity index is 1.39. The first-order valence-electron chi connectivity index (χ1n) is 10.1. The van der Waals surface area contributed by atoms with E-state index in [-0.39, 0.29) is 5.91 Å². The first kappa shape index (κ1) is 21.6. The molecule has 164 valence electrons. The third-order valence-corrected chi connectivity index (χ3v) is 5.80. The quantitative estimate of drug-likeness (QED) is 0.414. The number of nitrogens with one attached hydrogen (secondary N) is 1. The van der Waals surface area contributed by atoms with Gasteiger partial charge in [-0.2, -0.15) is 5.10 Å². The summed E-state index contributed by atoms with van der Waals surface area (Å²) in [6.45, 7) is 7.87. The minimum atomic E-state index is -0.204. The fraction of sp³-hybridized carbons (Fsp3) is 0.208. The van der Waals surface area contributed by atoms with Crippen LogP contribution in [0, 0.1) is 27.7 Å². The number of benzene rings is 2. The van der Waals surface area contributed by atoms with Crippen LogP contribution in [0.15, 0.2) is 53.1 Å². The van der Waals surface area contributed by atoms with Gasteiger partial charge in [0.2, 0.25) is 0 Å². The molecule has 1 N–H and O–H groups in total. The average Bonchev–Trinajstić information content (AvgIpc) is 3.25. The van der Waals surface area contributed by atoms with Crippen molar-refractivity contribution in [1.29, 1.82) is 0 Å². The summed E-state index contributed by atoms with van der Waals surface area (Å²) in [6.07, 6.45) is 0. The Morgan fingerprint density at radius 3 is 2.28 bits per heavy atom. The molecule has 0 aliphatic rings. The third-order valence-electron chi connectivity index (χ3n) is 5.25. The number of hydrogen-bond acceptors (Lipinski definition) is 5. The maximum absolute atomic E-state index is 12.6. The number of anilines is 1. The van der Waals surface area contributed by atoms with Crippen molar-refractivity contribution in [2.75, 3.05) is 5.32 Å². The lowest BCUT2D eigenvalue weighted by atomic mass is 10.2. The molecule has 0 radical (unpaired) electrons. The molecular weight excluding hydrogens is 428 g/mol. The van der Waals surface area contributed by atoms with Crippen molar-refractivity contribution >= 4 is 23.2 Å². The zero-order chi connectivity index (χ0) is 22.8. The maximum Gasteiger partial charge on any atom is 0.255 e. The Hall–Kier alpha value is -3.58. The normalized spacial score (nSPS) is 10.9. The number of ether oxygens (including phenoxy) is 1. The first-order chi connectivity index (χ1) is 15.3. The second-order valence-corrected chi connectivity index (χ2v) is 7.89. The van der Waals surface area contributed by atoms with Gasteiger partial charge in [0.15, 0.2) is 0 Å². The van der Waals surface area contributed by atoms with E-state index in [1.807, 2.05) is 52.0 Å². The van der Waals surface area contributed by atoms with Crippen LogP contribution in [0.1, 0.15) is 38.8 Å². The molecule has 2 heterocycles. The van der Waals surface area contributed by atoms with E-state index >= 15 is 0 Å². The summed E-state index contributed by atoms with van der Waals surface area (Å²) in [5, 5.41) is 11.9. The van der Waals surface area contributed by atoms with Crippen molar-refractivity contribution in [3.63, 3.8) is 0 Å². The predicted octanol–water partition coefficient (Wildman–Crippen LogP) is 5.58. The molecule has 0 bridgehead atoms. The van der Waals surface area contributed by atoms with E-state index in [2.05, 4.69) is 15.6 Å². The van der Waals surface area contributed by atoms with Gasteiger partial charge in [0.05, 0.1) is 33.4 Å². The van der Waals surface area contributed by atoms with E-state index in [0.717, 1.165) is 34.1 Å². The van der Waals surface area contributed by atoms with Crippen molar-refractivity contribution < 1.29 is 14.1 Å². The highest BCUT2D eigenvalue weighted by Crippen LogP contribution is 2.23. The fourth-order valence-corrected chi connectivity index (χ4v) is 3.45. The fourth-order valence-electron chi connectivity index (χ4n) is 3.33. The summed E-state index contributed by atoms with van der Waals surface area (Å²) in [6, 6.07) is 14.4. The molecule has 2 aromatic heterocycles. The van der Waals surface area contributed by atoms with Gasteiger partial charge in [0, 0.05) is 11.3 Å². The molecular formula is C24H23ClN4O3. The first-order valence-corrected chi connectivity index (χ1v) is 10.5. The Labute approximate surface area is 190 Å². The van der Waals surface area contributed by atoms with Gasteiger partial charge in [0.25, 0.3) is 5.91 Å². The number of amides is 1. The summed E-state index contributed by atoms with van der Waals surface area (Å²) in [5.74, 6) is 1.20. The molecule has 0 spiro atoms. The van der Waals surface area contributed by atoms with E-state index in [4.69, 9.17) is 20.9 Å². The van der Waals surface area contributed by atoms with E-state index in [0.29, 0.717) is 28.6 Å². The van der Waals surface area contributed by atoms with Crippen LogP contribution in [-0.2, 0) is 6.61 Å². The second kappa shape index (κ2) is 8.88. The van der Waals surface area contributed by atoms with Gasteiger partial charge in [-0.1, -0.05) is 16.8 Å². The molecule has 0 atom stereocenters. The van der Waals surface area contributed by atoms with E-state index < -0.39 is 0 Å². The molecule has 7 nitrogen and oxygen atoms in total. The van der Waals surface area contributed by atoms with Crippen LogP contribution in [-0.4, -0.2) is 20.8 Å². The number of nitrogens with zero attached hydrogens (tertiary/aromatic N) is 3. The molecule has 2 aromatic carbocycles. The van der Waals surface area contributed by atoms with Crippen LogP contribution < -0.4 is 10.1 Å². The van der Waals surface area contributed by atoms with E-state index in [9.17, 15) is 4.79 Å². The molecule has 4 aromatic rings. The van der Waals surface area contributed by atoms with Crippen LogP contribution in [0.2, 0.25) is 5.02 Å². The van der Waals surface area contributed by atoms with Crippen molar-refractivity contribution in [1.82, 2.24) is 14.9 Å². The standard InChI is InChI=1S/C24H23ClN4O3/c1-14-22(17(4)32-28-14)13-31-21-11-5-18(6-12-21)24(30)26-19-7-9-20(10-8-19)29-16(3)23(25)15(2)27-29/h5-12H,13H2,1-4H3,(H,26,30). The lowest BCUT2D eigenvalue weighted by molar-refractivity contribution is 0.102. The largest absolute Gasteiger partial charge is 0.489 e. The Bertz CT molecular complexity index is 1240. The lowest BCUT2D eigenvalue weighted by Gasteiger charge is -2.09. The number of carbonyl (C=O) groups excluding carboxylic acids is 1. The van der Waals surface area contributed by atoms with E-state index in [1.54, 1.807) is 28.9 Å². The highest BCUT2D eigenvalue weighted by Gasteiger charge is 2.12. The van der Waals surface area contributed by atoms with Crippen molar-refractivity contribution in [3.8, 4) is 11.4 Å². The van der Waals surface area contributed by atoms with Gasteiger partial charge >= 0.3 is 0 Å². The topological polar surface area (TPSA) is 82.2 Å². The maximum atomic E-state index is 12.6. The molecule has 32 heavy (non-hydrogen) atoms. The van der Waals surface area contributed by atoms with Crippen LogP contribution >= 0.6 is 11.6 Å². The van der Waals surface area contributed by atoms with Gasteiger partial charge < -0.3 is 14.6 Å². The molecule has 4 rings (SSSR count). The molecule has 0 saturated carbocycles. The van der Waals surface area contributed by atoms with Crippen molar-refractivity contribution in [2.24, 2.45) is 0 Å². The molecule has 0 aliphatic heterocycles. The molecule has 0 saturated heterocycles. The SMILES string of the molecule is Cc1nn(-c2ccc(NC(=O)c3ccc(OCc4c(C)noc4C)cc3)cc2)c(C)c1Cl. The molecule has 0 fully saturated rings. The minimum Gasteiger partial charge on any atom is -0.489 e. The van der Waals surface area contributed by atoms with Crippen LogP contribution in [0.3, 0.4) is 0 Å². The van der Waals surface area contributed by atoms with Gasteiger partial charge in [-0.15, -0.1) is 0 Å². The number of aryl methyl sites for hydroxylation is 3. The van der Waals surface area contributed by atoms with Crippen LogP contribution in [0.25, 0.3) is 5.69 Å². The molecule has 0 unspecified atom stereocenters. The van der Waals surface area contributed by atoms with Gasteiger partial charge in [-0.25, -0.2) is 4.68 Å². The number of hydrogen-bond donors (Lipinski definition) is 1. The average molecular weight is 451 g/mol. The minimum absolute atomic E-state index is 0.204. The Morgan fingerprint density at radius 2 is 1.72 bits per heavy atom. The Morgan fingerprint density at radius 1 is 1.03 bits per heavy atom. The van der Waals surface area contributed by atoms with Crippen LogP contribution in [0.5, 0.6) is 5.75 Å². The second-order valence-electron chi connectivity index (χ2n) is 7.51. The number of halogens is 1. The Kier molecular flexibility index (Phi) is 6.01. The molecule has 8 heteroatoms. The van der Waals surface area contributed by atoms with Gasteiger partial charge in [0.1, 0.15) is 18.1 Å². The summed E-state index contributed by atoms with van der Waals surface area (Å²) in [7, 11) is 0. The number of aromatic nitrogens is 3. The number of carbonyl (C=O) groups is 1. The third kappa shape index (κ3) is 4.38. The molecule has 0 aliphatic carbocycles. The summed E-state index contributed by atoms with van der Waals surface area (Å²) < 4.78 is 12.7. The number of rotatable bonds is 6. The van der Waals surface area contributed by atoms with Gasteiger partial charge in [-0.3, -0.25) is 4.79 Å². The van der Waals surface area contributed by atoms with E-state index in [1.165, 1.54) is 0 Å². The summed E-state index contributed by atoms with van der Waals surface area (Å²) in [5.41, 5.74) is 5.48. The smallest absolute Gasteiger partial charge is 0.255 e. The zero-order valence-electron chi connectivity index (χ0n) is 18.3. The zero-order valence-corrected chi connectivity index (χ0v) is 19.0. The summed E-state index contributed by atoms with van der Waals surface area (Å²) in [4.78, 5) is 12.6. The van der Waals surface area contributed by atoms with Crippen LogP contribution in [0.4, 0.5) is 5.69 Å². The van der Waals surface area contributed by atoms with Crippen molar-refractivity contribution in [2.45, 2.75) is 34.3 Å². The monoisotopic (exact) mass is 450 g/mol. The highest BCUT2D eigenvalue weighted by atomic mass is 35.5. The highest BCUT2D eigenvalue weighted by molar-refractivity contribution is 6.31. The molecule has 1 amide bonds. The predicted molar refractivity (Wildman–Crippen MR) is 123 cm³/mol. The lowest BCUT2D eigenvalue weighted by Crippen LogP contribution is -2.12. The summed E-state index contributed by atoms with van der Waals surface area (Å²) >= 11 is 6.23.